The summed E-state index contributed by atoms with van der Waals surface area (Å²) in [7, 11) is 0. The third-order valence-electron chi connectivity index (χ3n) is 9.87. The Morgan fingerprint density at radius 1 is 0.643 bits per heavy atom. The molecule has 3 aromatic rings. The topological polar surface area (TPSA) is 286 Å². The van der Waals surface area contributed by atoms with E-state index in [4.69, 9.17) is 22.9 Å². The SMILES string of the molecule is NC(N)=NCCC[C@@H]1NC(=O)[C@H](Cc2ccc(O)cc2)NC(=O)[C@@H]2CCCN2C(=O)[C@H](Cc2ccc3ccccc3c2)NC(=O)[C@H](CCCN=C(N)N)NC1=O. The van der Waals surface area contributed by atoms with Crippen LogP contribution < -0.4 is 44.2 Å². The molecule has 2 heterocycles. The number of carbonyl (C=O) groups is 5. The zero-order valence-corrected chi connectivity index (χ0v) is 31.2. The minimum atomic E-state index is -1.17. The van der Waals surface area contributed by atoms with E-state index in [0.717, 1.165) is 16.3 Å². The maximum Gasteiger partial charge on any atom is 0.246 e. The number of amides is 5. The Hall–Kier alpha value is -6.39. The van der Waals surface area contributed by atoms with Crippen LogP contribution in [0, 0.1) is 0 Å². The number of nitrogens with two attached hydrogens (primary N) is 4. The highest BCUT2D eigenvalue weighted by molar-refractivity contribution is 5.98. The van der Waals surface area contributed by atoms with Crippen LogP contribution in [-0.4, -0.2) is 101 Å². The summed E-state index contributed by atoms with van der Waals surface area (Å²) in [5.41, 5.74) is 23.4. The highest BCUT2D eigenvalue weighted by atomic mass is 16.3. The lowest BCUT2D eigenvalue weighted by atomic mass is 9.99. The van der Waals surface area contributed by atoms with E-state index < -0.39 is 59.7 Å². The fourth-order valence-electron chi connectivity index (χ4n) is 7.01. The molecule has 5 atom stereocenters. The van der Waals surface area contributed by atoms with Crippen molar-refractivity contribution in [3.05, 3.63) is 77.9 Å². The first-order valence-electron chi connectivity index (χ1n) is 18.8. The second kappa shape index (κ2) is 19.3. The van der Waals surface area contributed by atoms with E-state index in [0.29, 0.717) is 24.8 Å². The van der Waals surface area contributed by atoms with Gasteiger partial charge in [-0.25, -0.2) is 0 Å². The van der Waals surface area contributed by atoms with Crippen LogP contribution in [0.5, 0.6) is 5.75 Å². The molecule has 5 rings (SSSR count). The number of carbonyl (C=O) groups excluding carboxylic acids is 5. The number of aromatic hydroxyl groups is 1. The van der Waals surface area contributed by atoms with Crippen molar-refractivity contribution in [2.24, 2.45) is 32.9 Å². The molecule has 0 aromatic heterocycles. The maximum atomic E-state index is 14.5. The van der Waals surface area contributed by atoms with Crippen molar-refractivity contribution < 1.29 is 29.1 Å². The number of guanidine groups is 2. The zero-order chi connectivity index (χ0) is 40.2. The summed E-state index contributed by atoms with van der Waals surface area (Å²) in [6.07, 6.45) is 1.73. The standard InChI is InChI=1S/C39H51N11O6/c40-38(41)44-17-3-8-28-33(52)46-29(9-4-18-45-39(42)43)34(53)49-31(22-24-11-14-25-6-1-2-7-26(25)20-24)37(56)50-19-5-10-32(50)36(55)48-30(35(54)47-28)21-23-12-15-27(51)16-13-23/h1-2,6-7,11-16,20,28-32,51H,3-5,8-10,17-19,21-22H2,(H,46,52)(H,47,54)(H,48,55)(H,49,53)(H4,40,41,44)(H4,42,43,45)/t28-,29-,30-,31-,32-/m0/s1. The smallest absolute Gasteiger partial charge is 0.246 e. The molecule has 5 amide bonds. The monoisotopic (exact) mass is 769 g/mol. The van der Waals surface area contributed by atoms with Crippen molar-refractivity contribution in [1.29, 1.82) is 0 Å². The van der Waals surface area contributed by atoms with Gasteiger partial charge < -0.3 is 54.2 Å². The van der Waals surface area contributed by atoms with E-state index in [1.165, 1.54) is 17.0 Å². The summed E-state index contributed by atoms with van der Waals surface area (Å²) in [5, 5.41) is 23.1. The second-order valence-electron chi connectivity index (χ2n) is 14.1. The van der Waals surface area contributed by atoms with Gasteiger partial charge in [0.2, 0.25) is 29.5 Å². The van der Waals surface area contributed by atoms with Gasteiger partial charge in [-0.3, -0.25) is 34.0 Å². The molecule has 298 valence electrons. The van der Waals surface area contributed by atoms with Crippen molar-refractivity contribution in [3.8, 4) is 5.75 Å². The predicted molar refractivity (Wildman–Crippen MR) is 212 cm³/mol. The molecule has 0 unspecified atom stereocenters. The van der Waals surface area contributed by atoms with Crippen LogP contribution in [-0.2, 0) is 36.8 Å². The van der Waals surface area contributed by atoms with Crippen molar-refractivity contribution in [2.45, 2.75) is 81.6 Å². The lowest BCUT2D eigenvalue weighted by Crippen LogP contribution is -2.58. The second-order valence-corrected chi connectivity index (χ2v) is 14.1. The van der Waals surface area contributed by atoms with Gasteiger partial charge in [0.05, 0.1) is 0 Å². The van der Waals surface area contributed by atoms with Crippen molar-refractivity contribution in [1.82, 2.24) is 26.2 Å². The molecular weight excluding hydrogens is 718 g/mol. The van der Waals surface area contributed by atoms with Gasteiger partial charge in [-0.2, -0.15) is 0 Å². The Balaban J connectivity index is 1.53. The van der Waals surface area contributed by atoms with Gasteiger partial charge in [-0.05, 0) is 72.6 Å². The van der Waals surface area contributed by atoms with Crippen LogP contribution in [0.3, 0.4) is 0 Å². The number of rotatable bonds is 12. The van der Waals surface area contributed by atoms with Crippen LogP contribution in [0.15, 0.2) is 76.7 Å². The minimum Gasteiger partial charge on any atom is -0.508 e. The number of fused-ring (bicyclic) bond motifs is 2. The van der Waals surface area contributed by atoms with Crippen LogP contribution in [0.2, 0.25) is 0 Å². The normalized spacial score (nSPS) is 22.1. The molecule has 2 saturated heterocycles. The molecule has 0 saturated carbocycles. The average molecular weight is 770 g/mol. The van der Waals surface area contributed by atoms with E-state index in [2.05, 4.69) is 31.3 Å². The molecule has 13 N–H and O–H groups in total. The molecule has 56 heavy (non-hydrogen) atoms. The number of phenolic OH excluding ortho intramolecular Hbond substituents is 1. The first-order chi connectivity index (χ1) is 26.9. The number of hydrogen-bond acceptors (Lipinski definition) is 8. The van der Waals surface area contributed by atoms with E-state index in [1.54, 1.807) is 12.1 Å². The number of aliphatic imine (C=N–C) groups is 2. The molecule has 2 fully saturated rings. The molecule has 0 radical (unpaired) electrons. The molecule has 0 spiro atoms. The largest absolute Gasteiger partial charge is 0.508 e. The highest BCUT2D eigenvalue weighted by Crippen LogP contribution is 2.23. The van der Waals surface area contributed by atoms with Crippen LogP contribution in [0.4, 0.5) is 0 Å². The number of hydrogen-bond donors (Lipinski definition) is 9. The Labute approximate surface area is 324 Å². The molecule has 0 aliphatic carbocycles. The summed E-state index contributed by atoms with van der Waals surface area (Å²) in [6, 6.07) is 14.2. The summed E-state index contributed by atoms with van der Waals surface area (Å²) < 4.78 is 0. The lowest BCUT2D eigenvalue weighted by Gasteiger charge is -2.30. The lowest BCUT2D eigenvalue weighted by molar-refractivity contribution is -0.142. The van der Waals surface area contributed by atoms with Crippen molar-refractivity contribution in [2.75, 3.05) is 19.6 Å². The third kappa shape index (κ3) is 11.3. The van der Waals surface area contributed by atoms with Gasteiger partial charge in [-0.1, -0.05) is 54.6 Å². The Morgan fingerprint density at radius 3 is 1.77 bits per heavy atom. The van der Waals surface area contributed by atoms with Crippen molar-refractivity contribution >= 4 is 52.2 Å². The fraction of sp³-hybridized carbons (Fsp3) is 0.410. The molecule has 0 bridgehead atoms. The summed E-state index contributed by atoms with van der Waals surface area (Å²) in [4.78, 5) is 80.4. The Morgan fingerprint density at radius 2 is 1.16 bits per heavy atom. The molecule has 2 aliphatic heterocycles. The molecular formula is C39H51N11O6. The van der Waals surface area contributed by atoms with Crippen LogP contribution in [0.1, 0.15) is 49.7 Å². The quantitative estimate of drug-likeness (QED) is 0.0640. The highest BCUT2D eigenvalue weighted by Gasteiger charge is 2.40. The van der Waals surface area contributed by atoms with E-state index in [-0.39, 0.29) is 69.4 Å². The summed E-state index contributed by atoms with van der Waals surface area (Å²) in [6.45, 7) is 0.586. The van der Waals surface area contributed by atoms with Gasteiger partial charge >= 0.3 is 0 Å². The number of nitrogens with zero attached hydrogens (tertiary/aromatic N) is 3. The molecule has 17 heteroatoms. The maximum absolute atomic E-state index is 14.5. The number of phenols is 1. The fourth-order valence-corrected chi connectivity index (χ4v) is 7.01. The van der Waals surface area contributed by atoms with E-state index in [9.17, 15) is 29.1 Å². The van der Waals surface area contributed by atoms with Crippen molar-refractivity contribution in [3.63, 3.8) is 0 Å². The van der Waals surface area contributed by atoms with Gasteiger partial charge in [-0.15, -0.1) is 0 Å². The van der Waals surface area contributed by atoms with Gasteiger partial charge in [0.25, 0.3) is 0 Å². The molecule has 17 nitrogen and oxygen atoms in total. The van der Waals surface area contributed by atoms with Crippen LogP contribution >= 0.6 is 0 Å². The predicted octanol–water partition coefficient (Wildman–Crippen LogP) is -0.618. The summed E-state index contributed by atoms with van der Waals surface area (Å²) >= 11 is 0. The number of nitrogens with one attached hydrogen (secondary N) is 4. The average Bonchev–Trinajstić information content (AvgIpc) is 3.67. The first-order valence-corrected chi connectivity index (χ1v) is 18.8. The zero-order valence-electron chi connectivity index (χ0n) is 31.2. The number of benzene rings is 3. The third-order valence-corrected chi connectivity index (χ3v) is 9.87. The minimum absolute atomic E-state index is 0.0128. The Kier molecular flexibility index (Phi) is 14.0. The van der Waals surface area contributed by atoms with E-state index in [1.807, 2.05) is 42.5 Å². The van der Waals surface area contributed by atoms with Crippen LogP contribution in [0.25, 0.3) is 10.8 Å². The molecule has 2 aliphatic rings. The summed E-state index contributed by atoms with van der Waals surface area (Å²) in [5.74, 6) is -3.23. The van der Waals surface area contributed by atoms with Gasteiger partial charge in [0.1, 0.15) is 36.0 Å². The first kappa shape index (κ1) is 40.8. The Bertz CT molecular complexity index is 1940. The van der Waals surface area contributed by atoms with Gasteiger partial charge in [0.15, 0.2) is 11.9 Å². The van der Waals surface area contributed by atoms with E-state index >= 15 is 0 Å². The van der Waals surface area contributed by atoms with Gasteiger partial charge in [0, 0.05) is 32.5 Å². The molecule has 3 aromatic carbocycles.